The molecule has 5 rings (SSSR count). The highest BCUT2D eigenvalue weighted by atomic mass is 32.1. The van der Waals surface area contributed by atoms with Crippen LogP contribution >= 0.6 is 11.3 Å². The van der Waals surface area contributed by atoms with E-state index in [4.69, 9.17) is 4.74 Å². The second-order valence-corrected chi connectivity index (χ2v) is 9.48. The minimum atomic E-state index is -0.559. The van der Waals surface area contributed by atoms with Crippen molar-refractivity contribution >= 4 is 33.5 Å². The molecule has 2 N–H and O–H groups in total. The number of benzene rings is 2. The van der Waals surface area contributed by atoms with Crippen LogP contribution in [0.1, 0.15) is 13.8 Å². The van der Waals surface area contributed by atoms with Crippen LogP contribution in [-0.2, 0) is 0 Å². The molecular formula is C24H26F3N5OS. The highest BCUT2D eigenvalue weighted by Gasteiger charge is 2.25. The molecule has 0 saturated carbocycles. The second kappa shape index (κ2) is 9.34. The third kappa shape index (κ3) is 4.39. The molecule has 3 heterocycles. The molecule has 0 unspecified atom stereocenters. The number of aromatic nitrogens is 1. The Labute approximate surface area is 200 Å². The lowest BCUT2D eigenvalue weighted by atomic mass is 10.1. The molecule has 1 aromatic heterocycles. The van der Waals surface area contributed by atoms with Crippen LogP contribution in [0.15, 0.2) is 29.6 Å². The molecule has 10 heteroatoms. The molecule has 0 bridgehead atoms. The largest absolute Gasteiger partial charge is 0.486 e. The molecule has 2 aliphatic heterocycles. The first-order valence-corrected chi connectivity index (χ1v) is 12.2. The van der Waals surface area contributed by atoms with Crippen LogP contribution in [0, 0.1) is 17.5 Å². The van der Waals surface area contributed by atoms with Gasteiger partial charge in [-0.25, -0.2) is 18.2 Å². The second-order valence-electron chi connectivity index (χ2n) is 8.63. The molecule has 0 amide bonds. The third-order valence-corrected chi connectivity index (χ3v) is 6.83. The van der Waals surface area contributed by atoms with E-state index in [2.05, 4.69) is 20.5 Å². The zero-order valence-corrected chi connectivity index (χ0v) is 19.8. The zero-order valence-electron chi connectivity index (χ0n) is 19.0. The summed E-state index contributed by atoms with van der Waals surface area (Å²) in [6.45, 7) is 7.90. The van der Waals surface area contributed by atoms with E-state index >= 15 is 0 Å². The summed E-state index contributed by atoms with van der Waals surface area (Å²) in [5.74, 6) is -1.25. The Hall–Kier alpha value is -2.98. The van der Waals surface area contributed by atoms with E-state index < -0.39 is 17.5 Å². The van der Waals surface area contributed by atoms with Crippen LogP contribution in [0.5, 0.6) is 5.75 Å². The van der Waals surface area contributed by atoms with Crippen LogP contribution < -0.4 is 25.2 Å². The lowest BCUT2D eigenvalue weighted by Gasteiger charge is -2.34. The number of hydrogen-bond donors (Lipinski definition) is 2. The topological polar surface area (TPSA) is 52.7 Å². The van der Waals surface area contributed by atoms with E-state index in [1.165, 1.54) is 23.5 Å². The minimum absolute atomic E-state index is 0.00767. The number of halogens is 3. The van der Waals surface area contributed by atoms with Crippen molar-refractivity contribution in [3.05, 3.63) is 47.1 Å². The number of anilines is 4. The van der Waals surface area contributed by atoms with Gasteiger partial charge in [-0.15, -0.1) is 11.3 Å². The average molecular weight is 490 g/mol. The van der Waals surface area contributed by atoms with Crippen molar-refractivity contribution in [3.63, 3.8) is 0 Å². The SMILES string of the molecule is CC(C)N1CCOc2c(F)cc(-c3csc(Nc4cc(F)c(N5CCNCC5)cc4F)n3)cc21. The maximum absolute atomic E-state index is 14.8. The van der Waals surface area contributed by atoms with Gasteiger partial charge in [-0.2, -0.15) is 0 Å². The summed E-state index contributed by atoms with van der Waals surface area (Å²) in [4.78, 5) is 8.41. The highest BCUT2D eigenvalue weighted by Crippen LogP contribution is 2.40. The summed E-state index contributed by atoms with van der Waals surface area (Å²) >= 11 is 1.24. The Morgan fingerprint density at radius 1 is 1.00 bits per heavy atom. The number of thiazole rings is 1. The molecule has 0 radical (unpaired) electrons. The van der Waals surface area contributed by atoms with Crippen molar-refractivity contribution in [2.75, 3.05) is 54.4 Å². The Morgan fingerprint density at radius 2 is 1.79 bits per heavy atom. The number of piperazine rings is 1. The van der Waals surface area contributed by atoms with Gasteiger partial charge >= 0.3 is 0 Å². The lowest BCUT2D eigenvalue weighted by Crippen LogP contribution is -2.43. The molecule has 180 valence electrons. The van der Waals surface area contributed by atoms with Gasteiger partial charge in [0.25, 0.3) is 0 Å². The van der Waals surface area contributed by atoms with Crippen molar-refractivity contribution < 1.29 is 17.9 Å². The molecule has 1 fully saturated rings. The molecule has 34 heavy (non-hydrogen) atoms. The fraction of sp³-hybridized carbons (Fsp3) is 0.375. The van der Waals surface area contributed by atoms with Crippen molar-refractivity contribution in [2.24, 2.45) is 0 Å². The summed E-state index contributed by atoms with van der Waals surface area (Å²) in [6, 6.07) is 5.82. The Bertz CT molecular complexity index is 1200. The fourth-order valence-electron chi connectivity index (χ4n) is 4.35. The molecule has 0 aliphatic carbocycles. The first-order valence-electron chi connectivity index (χ1n) is 11.3. The number of nitrogens with zero attached hydrogens (tertiary/aromatic N) is 3. The smallest absolute Gasteiger partial charge is 0.187 e. The fourth-order valence-corrected chi connectivity index (χ4v) is 5.08. The van der Waals surface area contributed by atoms with E-state index in [0.29, 0.717) is 48.3 Å². The summed E-state index contributed by atoms with van der Waals surface area (Å²) in [5, 5.41) is 8.21. The van der Waals surface area contributed by atoms with Crippen LogP contribution in [0.3, 0.4) is 0 Å². The predicted octanol–water partition coefficient (Wildman–Crippen LogP) is 4.99. The van der Waals surface area contributed by atoms with E-state index in [-0.39, 0.29) is 23.2 Å². The Kier molecular flexibility index (Phi) is 6.26. The summed E-state index contributed by atoms with van der Waals surface area (Å²) in [7, 11) is 0. The lowest BCUT2D eigenvalue weighted by molar-refractivity contribution is 0.287. The first-order chi connectivity index (χ1) is 16.4. The van der Waals surface area contributed by atoms with Crippen LogP contribution in [-0.4, -0.2) is 50.4 Å². The van der Waals surface area contributed by atoms with Crippen molar-refractivity contribution in [1.82, 2.24) is 10.3 Å². The van der Waals surface area contributed by atoms with Crippen LogP contribution in [0.4, 0.5) is 35.4 Å². The molecule has 0 atom stereocenters. The Balaban J connectivity index is 1.39. The monoisotopic (exact) mass is 489 g/mol. The molecule has 1 saturated heterocycles. The van der Waals surface area contributed by atoms with Gasteiger partial charge in [-0.3, -0.25) is 0 Å². The van der Waals surface area contributed by atoms with Gasteiger partial charge in [0, 0.05) is 55.3 Å². The van der Waals surface area contributed by atoms with E-state index in [1.807, 2.05) is 24.8 Å². The highest BCUT2D eigenvalue weighted by molar-refractivity contribution is 7.14. The number of nitrogens with one attached hydrogen (secondary N) is 2. The number of hydrogen-bond acceptors (Lipinski definition) is 7. The summed E-state index contributed by atoms with van der Waals surface area (Å²) in [5.41, 5.74) is 2.09. The molecule has 2 aromatic carbocycles. The molecule has 3 aromatic rings. The van der Waals surface area contributed by atoms with Gasteiger partial charge in [0.15, 0.2) is 16.7 Å². The molecule has 6 nitrogen and oxygen atoms in total. The quantitative estimate of drug-likeness (QED) is 0.527. The zero-order chi connectivity index (χ0) is 23.8. The third-order valence-electron chi connectivity index (χ3n) is 6.07. The van der Waals surface area contributed by atoms with Gasteiger partial charge in [0.05, 0.1) is 29.3 Å². The normalized spacial score (nSPS) is 15.9. The van der Waals surface area contributed by atoms with E-state index in [1.54, 1.807) is 5.38 Å². The van der Waals surface area contributed by atoms with Gasteiger partial charge < -0.3 is 25.2 Å². The number of rotatable bonds is 5. The number of ether oxygens (including phenoxy) is 1. The van der Waals surface area contributed by atoms with Crippen LogP contribution in [0.25, 0.3) is 11.3 Å². The molecule has 2 aliphatic rings. The maximum atomic E-state index is 14.8. The van der Waals surface area contributed by atoms with Gasteiger partial charge in [-0.1, -0.05) is 0 Å². The van der Waals surface area contributed by atoms with Crippen molar-refractivity contribution in [1.29, 1.82) is 0 Å². The van der Waals surface area contributed by atoms with Crippen molar-refractivity contribution in [2.45, 2.75) is 19.9 Å². The standard InChI is InChI=1S/C24H26F3N5OS/c1-14(2)32-7-8-33-23-18(27)9-15(10-22(23)32)20-13-34-24(30-20)29-19-11-17(26)21(12-16(19)25)31-5-3-28-4-6-31/h9-14,28H,3-8H2,1-2H3,(H,29,30). The van der Waals surface area contributed by atoms with Crippen LogP contribution in [0.2, 0.25) is 0 Å². The van der Waals surface area contributed by atoms with E-state index in [9.17, 15) is 13.2 Å². The summed E-state index contributed by atoms with van der Waals surface area (Å²) < 4.78 is 49.9. The predicted molar refractivity (Wildman–Crippen MR) is 130 cm³/mol. The molecule has 0 spiro atoms. The Morgan fingerprint density at radius 3 is 2.56 bits per heavy atom. The number of fused-ring (bicyclic) bond motifs is 1. The van der Waals surface area contributed by atoms with E-state index in [0.717, 1.165) is 19.2 Å². The maximum Gasteiger partial charge on any atom is 0.187 e. The average Bonchev–Trinajstić information content (AvgIpc) is 3.30. The van der Waals surface area contributed by atoms with Crippen molar-refractivity contribution in [3.8, 4) is 17.0 Å². The van der Waals surface area contributed by atoms with Gasteiger partial charge in [-0.05, 0) is 26.0 Å². The summed E-state index contributed by atoms with van der Waals surface area (Å²) in [6.07, 6.45) is 0. The minimum Gasteiger partial charge on any atom is -0.486 e. The molecular weight excluding hydrogens is 463 g/mol. The van der Waals surface area contributed by atoms with Gasteiger partial charge in [0.1, 0.15) is 18.2 Å². The first kappa shape index (κ1) is 22.8. The van der Waals surface area contributed by atoms with Gasteiger partial charge in [0.2, 0.25) is 0 Å².